The van der Waals surface area contributed by atoms with Gasteiger partial charge < -0.3 is 14.9 Å². The Morgan fingerprint density at radius 2 is 2.31 bits per heavy atom. The Labute approximate surface area is 93.5 Å². The average Bonchev–Trinajstić information content (AvgIpc) is 2.15. The molecule has 0 bridgehead atoms. The van der Waals surface area contributed by atoms with Gasteiger partial charge in [-0.2, -0.15) is 0 Å². The molecule has 16 heavy (non-hydrogen) atoms. The summed E-state index contributed by atoms with van der Waals surface area (Å²) in [4.78, 5) is 11.6. The number of hydrogen-bond donors (Lipinski definition) is 2. The van der Waals surface area contributed by atoms with Gasteiger partial charge in [0, 0.05) is 12.8 Å². The van der Waals surface area contributed by atoms with Gasteiger partial charge in [0.05, 0.1) is 6.10 Å². The molecule has 1 heterocycles. The second-order valence-corrected chi connectivity index (χ2v) is 4.13. The fraction of sp³-hybridized carbons (Fsp3) is 0.417. The predicted octanol–water partition coefficient (Wildman–Crippen LogP) is 1.24. The summed E-state index contributed by atoms with van der Waals surface area (Å²) < 4.78 is 5.15. The Morgan fingerprint density at radius 3 is 3.00 bits per heavy atom. The van der Waals surface area contributed by atoms with Gasteiger partial charge in [0.1, 0.15) is 17.4 Å². The van der Waals surface area contributed by atoms with Gasteiger partial charge in [0.2, 0.25) is 0 Å². The maximum Gasteiger partial charge on any atom is 0.342 e. The molecule has 0 spiro atoms. The molecule has 1 aromatic rings. The van der Waals surface area contributed by atoms with Gasteiger partial charge >= 0.3 is 5.97 Å². The number of carbonyl (C=O) groups excluding carboxylic acids is 1. The lowest BCUT2D eigenvalue weighted by Crippen LogP contribution is -2.30. The van der Waals surface area contributed by atoms with Crippen LogP contribution in [-0.4, -0.2) is 28.4 Å². The summed E-state index contributed by atoms with van der Waals surface area (Å²) in [6.07, 6.45) is 0.153. The van der Waals surface area contributed by atoms with Crippen molar-refractivity contribution in [3.63, 3.8) is 0 Å². The fourth-order valence-corrected chi connectivity index (χ4v) is 2.00. The van der Waals surface area contributed by atoms with E-state index in [9.17, 15) is 15.0 Å². The van der Waals surface area contributed by atoms with Crippen molar-refractivity contribution in [3.8, 4) is 5.75 Å². The summed E-state index contributed by atoms with van der Waals surface area (Å²) in [5.41, 5.74) is 1.03. The third-order valence-electron chi connectivity index (χ3n) is 2.66. The summed E-state index contributed by atoms with van der Waals surface area (Å²) >= 11 is 0. The Bertz CT molecular complexity index is 411. The molecule has 0 fully saturated rings. The molecule has 86 valence electrons. The van der Waals surface area contributed by atoms with Crippen molar-refractivity contribution >= 4 is 5.97 Å². The van der Waals surface area contributed by atoms with Crippen LogP contribution < -0.4 is 0 Å². The molecular formula is C12H14O4. The Morgan fingerprint density at radius 1 is 1.56 bits per heavy atom. The molecule has 2 atom stereocenters. The summed E-state index contributed by atoms with van der Waals surface area (Å²) in [6, 6.07) is 4.96. The fourth-order valence-electron chi connectivity index (χ4n) is 2.00. The summed E-state index contributed by atoms with van der Waals surface area (Å²) in [5.74, 6) is -0.553. The highest BCUT2D eigenvalue weighted by Crippen LogP contribution is 2.29. The lowest BCUT2D eigenvalue weighted by Gasteiger charge is -2.25. The Hall–Kier alpha value is -1.55. The number of aromatic hydroxyl groups is 1. The summed E-state index contributed by atoms with van der Waals surface area (Å²) in [7, 11) is 0. The number of cyclic esters (lactones) is 1. The van der Waals surface area contributed by atoms with Crippen LogP contribution in [0, 0.1) is 0 Å². The normalized spacial score (nSPS) is 21.1. The largest absolute Gasteiger partial charge is 0.507 e. The van der Waals surface area contributed by atoms with E-state index in [1.807, 2.05) is 0 Å². The van der Waals surface area contributed by atoms with Gasteiger partial charge in [-0.05, 0) is 18.6 Å². The van der Waals surface area contributed by atoms with Crippen molar-refractivity contribution in [2.75, 3.05) is 0 Å². The number of benzene rings is 1. The van der Waals surface area contributed by atoms with Crippen molar-refractivity contribution in [1.29, 1.82) is 0 Å². The molecule has 0 saturated heterocycles. The molecule has 1 aromatic carbocycles. The first kappa shape index (κ1) is 11.0. The van der Waals surface area contributed by atoms with Crippen LogP contribution in [0.4, 0.5) is 0 Å². The number of esters is 1. The van der Waals surface area contributed by atoms with Crippen LogP contribution >= 0.6 is 0 Å². The van der Waals surface area contributed by atoms with Gasteiger partial charge in [0.15, 0.2) is 0 Å². The average molecular weight is 222 g/mol. The number of aliphatic hydroxyl groups excluding tert-OH is 1. The van der Waals surface area contributed by atoms with E-state index >= 15 is 0 Å². The minimum atomic E-state index is -0.509. The third kappa shape index (κ3) is 2.02. The van der Waals surface area contributed by atoms with Crippen LogP contribution in [0.25, 0.3) is 0 Å². The van der Waals surface area contributed by atoms with Gasteiger partial charge in [-0.1, -0.05) is 12.1 Å². The van der Waals surface area contributed by atoms with Crippen molar-refractivity contribution in [3.05, 3.63) is 29.3 Å². The van der Waals surface area contributed by atoms with Crippen LogP contribution in [0.5, 0.6) is 5.75 Å². The van der Waals surface area contributed by atoms with Crippen LogP contribution in [0.15, 0.2) is 18.2 Å². The number of rotatable bonds is 2. The van der Waals surface area contributed by atoms with Crippen molar-refractivity contribution in [2.45, 2.75) is 32.0 Å². The molecule has 2 N–H and O–H groups in total. The molecule has 0 aromatic heterocycles. The number of phenolic OH excluding ortho intramolecular Hbond substituents is 1. The predicted molar refractivity (Wildman–Crippen MR) is 57.3 cm³/mol. The van der Waals surface area contributed by atoms with Crippen LogP contribution in [0.1, 0.15) is 29.3 Å². The van der Waals surface area contributed by atoms with Crippen LogP contribution in [0.2, 0.25) is 0 Å². The molecule has 4 heteroatoms. The van der Waals surface area contributed by atoms with E-state index in [2.05, 4.69) is 0 Å². The number of fused-ring (bicyclic) bond motifs is 1. The highest BCUT2D eigenvalue weighted by molar-refractivity contribution is 5.95. The summed E-state index contributed by atoms with van der Waals surface area (Å²) in [5, 5.41) is 18.8. The molecule has 4 nitrogen and oxygen atoms in total. The molecule has 0 radical (unpaired) electrons. The highest BCUT2D eigenvalue weighted by Gasteiger charge is 2.29. The minimum Gasteiger partial charge on any atom is -0.507 e. The van der Waals surface area contributed by atoms with Crippen LogP contribution in [0.3, 0.4) is 0 Å². The van der Waals surface area contributed by atoms with Crippen molar-refractivity contribution in [1.82, 2.24) is 0 Å². The quantitative estimate of drug-likeness (QED) is 0.739. The van der Waals surface area contributed by atoms with Crippen molar-refractivity contribution in [2.24, 2.45) is 0 Å². The van der Waals surface area contributed by atoms with E-state index in [0.29, 0.717) is 12.8 Å². The maximum atomic E-state index is 11.6. The maximum absolute atomic E-state index is 11.6. The molecular weight excluding hydrogens is 208 g/mol. The molecule has 0 aliphatic carbocycles. The summed E-state index contributed by atoms with van der Waals surface area (Å²) in [6.45, 7) is 1.66. The molecule has 0 amide bonds. The first-order chi connectivity index (χ1) is 7.58. The zero-order valence-electron chi connectivity index (χ0n) is 9.01. The molecule has 0 saturated carbocycles. The first-order valence-electron chi connectivity index (χ1n) is 5.28. The van der Waals surface area contributed by atoms with E-state index in [-0.39, 0.29) is 17.4 Å². The van der Waals surface area contributed by atoms with Crippen molar-refractivity contribution < 1.29 is 19.7 Å². The van der Waals surface area contributed by atoms with Gasteiger partial charge in [-0.3, -0.25) is 0 Å². The second-order valence-electron chi connectivity index (χ2n) is 4.13. The van der Waals surface area contributed by atoms with E-state index in [4.69, 9.17) is 4.74 Å². The third-order valence-corrected chi connectivity index (χ3v) is 2.66. The molecule has 2 rings (SSSR count). The van der Waals surface area contributed by atoms with Crippen LogP contribution in [-0.2, 0) is 11.2 Å². The molecule has 1 aliphatic heterocycles. The SMILES string of the molecule is C[C@H](O)C[C@@H]1Cc2cccc(O)c2C(=O)O1. The zero-order chi connectivity index (χ0) is 11.7. The van der Waals surface area contributed by atoms with Gasteiger partial charge in [-0.25, -0.2) is 4.79 Å². The van der Waals surface area contributed by atoms with E-state index in [1.165, 1.54) is 6.07 Å². The lowest BCUT2D eigenvalue weighted by molar-refractivity contribution is 0.0121. The number of hydrogen-bond acceptors (Lipinski definition) is 4. The monoisotopic (exact) mass is 222 g/mol. The van der Waals surface area contributed by atoms with Gasteiger partial charge in [0.25, 0.3) is 0 Å². The van der Waals surface area contributed by atoms with Gasteiger partial charge in [-0.15, -0.1) is 0 Å². The Kier molecular flexibility index (Phi) is 2.83. The number of aliphatic hydroxyl groups is 1. The lowest BCUT2D eigenvalue weighted by atomic mass is 9.95. The zero-order valence-corrected chi connectivity index (χ0v) is 9.01. The molecule has 0 unspecified atom stereocenters. The Balaban J connectivity index is 2.27. The number of carbonyl (C=O) groups is 1. The standard InChI is InChI=1S/C12H14O4/c1-7(13)5-9-6-8-3-2-4-10(14)11(8)12(15)16-9/h2-4,7,9,13-14H,5-6H2,1H3/t7-,9+/m0/s1. The smallest absolute Gasteiger partial charge is 0.342 e. The number of phenols is 1. The second kappa shape index (κ2) is 4.14. The topological polar surface area (TPSA) is 66.8 Å². The van der Waals surface area contributed by atoms with E-state index in [1.54, 1.807) is 19.1 Å². The van der Waals surface area contributed by atoms with E-state index in [0.717, 1.165) is 5.56 Å². The highest BCUT2D eigenvalue weighted by atomic mass is 16.5. The minimum absolute atomic E-state index is 0.0435. The number of ether oxygens (including phenoxy) is 1. The van der Waals surface area contributed by atoms with E-state index < -0.39 is 12.1 Å². The first-order valence-corrected chi connectivity index (χ1v) is 5.28. The molecule has 1 aliphatic rings.